The number of halogens is 1. The lowest BCUT2D eigenvalue weighted by molar-refractivity contribution is 0.0405. The molecule has 1 aromatic carbocycles. The van der Waals surface area contributed by atoms with E-state index in [9.17, 15) is 0 Å². The summed E-state index contributed by atoms with van der Waals surface area (Å²) in [6.07, 6.45) is 2.85. The van der Waals surface area contributed by atoms with Crippen LogP contribution in [0.3, 0.4) is 0 Å². The van der Waals surface area contributed by atoms with Gasteiger partial charge in [-0.2, -0.15) is 0 Å². The van der Waals surface area contributed by atoms with Crippen LogP contribution in [0.5, 0.6) is 0 Å². The predicted octanol–water partition coefficient (Wildman–Crippen LogP) is 3.88. The first-order valence-electron chi connectivity index (χ1n) is 7.38. The molecule has 106 valence electrons. The first-order chi connectivity index (χ1) is 9.33. The molecule has 1 saturated carbocycles. The topological polar surface area (TPSA) is 21.3 Å². The van der Waals surface area contributed by atoms with Crippen LogP contribution >= 0.6 is 11.6 Å². The van der Waals surface area contributed by atoms with Crippen LogP contribution < -0.4 is 5.32 Å². The van der Waals surface area contributed by atoms with Gasteiger partial charge in [-0.25, -0.2) is 0 Å². The number of fused-ring (bicyclic) bond motifs is 1. The van der Waals surface area contributed by atoms with E-state index in [-0.39, 0.29) is 0 Å². The zero-order chi connectivity index (χ0) is 13.7. The average molecular weight is 282 g/mol. The van der Waals surface area contributed by atoms with E-state index in [1.807, 2.05) is 38.1 Å². The Labute approximate surface area is 121 Å². The summed E-state index contributed by atoms with van der Waals surface area (Å²) in [5.41, 5.74) is 1.10. The highest BCUT2D eigenvalue weighted by atomic mass is 35.5. The summed E-state index contributed by atoms with van der Waals surface area (Å²) >= 11 is 6.12. The maximum Gasteiger partial charge on any atom is 0.0735 e. The van der Waals surface area contributed by atoms with Gasteiger partial charge >= 0.3 is 0 Å². The molecule has 2 aliphatic rings. The summed E-state index contributed by atoms with van der Waals surface area (Å²) < 4.78 is 5.99. The van der Waals surface area contributed by atoms with Gasteiger partial charge in [-0.15, -0.1) is 0 Å². The Kier molecular flexibility index (Phi) is 5.68. The summed E-state index contributed by atoms with van der Waals surface area (Å²) in [5, 5.41) is 4.26. The molecule has 1 aliphatic heterocycles. The van der Waals surface area contributed by atoms with Gasteiger partial charge in [0.1, 0.15) is 0 Å². The van der Waals surface area contributed by atoms with Gasteiger partial charge in [0.2, 0.25) is 0 Å². The van der Waals surface area contributed by atoms with Crippen LogP contribution in [0.25, 0.3) is 0 Å². The number of rotatable bonds is 3. The van der Waals surface area contributed by atoms with Crippen LogP contribution in [0.1, 0.15) is 32.3 Å². The zero-order valence-electron chi connectivity index (χ0n) is 11.9. The minimum absolute atomic E-state index is 0.434. The van der Waals surface area contributed by atoms with Crippen molar-refractivity contribution in [2.45, 2.75) is 39.4 Å². The van der Waals surface area contributed by atoms with Gasteiger partial charge in [0.15, 0.2) is 0 Å². The van der Waals surface area contributed by atoms with Crippen molar-refractivity contribution in [1.29, 1.82) is 0 Å². The van der Waals surface area contributed by atoms with Crippen LogP contribution in [0.2, 0.25) is 5.02 Å². The molecule has 0 amide bonds. The monoisotopic (exact) mass is 281 g/mol. The van der Waals surface area contributed by atoms with Crippen molar-refractivity contribution in [3.8, 4) is 0 Å². The van der Waals surface area contributed by atoms with E-state index in [1.54, 1.807) is 0 Å². The third-order valence-corrected chi connectivity index (χ3v) is 4.41. The van der Waals surface area contributed by atoms with Gasteiger partial charge in [0, 0.05) is 5.02 Å². The highest BCUT2D eigenvalue weighted by Gasteiger charge is 2.37. The second-order valence-electron chi connectivity index (χ2n) is 5.17. The molecule has 2 unspecified atom stereocenters. The average Bonchev–Trinajstić information content (AvgIpc) is 3.01. The molecular formula is C16H24ClNO. The lowest BCUT2D eigenvalue weighted by Crippen LogP contribution is -2.16. The van der Waals surface area contributed by atoms with E-state index in [2.05, 4.69) is 5.32 Å². The fourth-order valence-electron chi connectivity index (χ4n) is 3.07. The minimum Gasteiger partial charge on any atom is -0.373 e. The molecule has 1 N–H and O–H groups in total. The third kappa shape index (κ3) is 3.71. The van der Waals surface area contributed by atoms with Gasteiger partial charge < -0.3 is 10.1 Å². The molecule has 1 heterocycles. The molecule has 3 heteroatoms. The minimum atomic E-state index is 0.434. The Bertz CT molecular complexity index is 384. The standard InChI is InChI=1S/C14H18ClNO.C2H6/c15-14-4-2-1-3-10(14)9-17-13-5-11-7-16-8-12(11)6-13;1-2/h1-4,11-13,16H,5-9H2;1-2H3. The second-order valence-corrected chi connectivity index (χ2v) is 5.58. The highest BCUT2D eigenvalue weighted by Crippen LogP contribution is 2.36. The molecule has 1 aliphatic carbocycles. The molecule has 2 fully saturated rings. The molecule has 0 bridgehead atoms. The Morgan fingerprint density at radius 3 is 2.42 bits per heavy atom. The van der Waals surface area contributed by atoms with Gasteiger partial charge in [-0.3, -0.25) is 0 Å². The van der Waals surface area contributed by atoms with Crippen LogP contribution in [0.4, 0.5) is 0 Å². The SMILES string of the molecule is CC.Clc1ccccc1COC1CC2CNCC2C1. The quantitative estimate of drug-likeness (QED) is 0.908. The Balaban J connectivity index is 0.000000637. The second kappa shape index (κ2) is 7.28. The van der Waals surface area contributed by atoms with Crippen LogP contribution in [-0.4, -0.2) is 19.2 Å². The van der Waals surface area contributed by atoms with Gasteiger partial charge in [-0.1, -0.05) is 43.6 Å². The number of ether oxygens (including phenoxy) is 1. The lowest BCUT2D eigenvalue weighted by atomic mass is 10.0. The van der Waals surface area contributed by atoms with E-state index in [1.165, 1.54) is 25.9 Å². The van der Waals surface area contributed by atoms with Crippen molar-refractivity contribution in [1.82, 2.24) is 5.32 Å². The summed E-state index contributed by atoms with van der Waals surface area (Å²) in [5.74, 6) is 1.68. The number of hydrogen-bond donors (Lipinski definition) is 1. The largest absolute Gasteiger partial charge is 0.373 e. The van der Waals surface area contributed by atoms with E-state index in [4.69, 9.17) is 16.3 Å². The van der Waals surface area contributed by atoms with Crippen LogP contribution in [0.15, 0.2) is 24.3 Å². The Morgan fingerprint density at radius 1 is 1.16 bits per heavy atom. The maximum absolute atomic E-state index is 6.12. The molecule has 3 rings (SSSR count). The smallest absolute Gasteiger partial charge is 0.0735 e. The first-order valence-corrected chi connectivity index (χ1v) is 7.76. The molecule has 1 aromatic rings. The summed E-state index contributed by atoms with van der Waals surface area (Å²) in [4.78, 5) is 0. The molecule has 2 nitrogen and oxygen atoms in total. The Morgan fingerprint density at radius 2 is 1.79 bits per heavy atom. The van der Waals surface area contributed by atoms with Crippen molar-refractivity contribution in [3.05, 3.63) is 34.9 Å². The maximum atomic E-state index is 6.12. The fraction of sp³-hybridized carbons (Fsp3) is 0.625. The van der Waals surface area contributed by atoms with Crippen molar-refractivity contribution in [2.24, 2.45) is 11.8 Å². The zero-order valence-corrected chi connectivity index (χ0v) is 12.6. The van der Waals surface area contributed by atoms with Crippen molar-refractivity contribution in [3.63, 3.8) is 0 Å². The Hall–Kier alpha value is -0.570. The summed E-state index contributed by atoms with van der Waals surface area (Å²) in [6.45, 7) is 7.00. The number of benzene rings is 1. The predicted molar refractivity (Wildman–Crippen MR) is 80.5 cm³/mol. The van der Waals surface area contributed by atoms with E-state index in [0.717, 1.165) is 22.4 Å². The summed E-state index contributed by atoms with van der Waals surface area (Å²) in [6, 6.07) is 7.93. The van der Waals surface area contributed by atoms with Gasteiger partial charge in [-0.05, 0) is 49.4 Å². The normalized spacial score (nSPS) is 28.7. The van der Waals surface area contributed by atoms with Gasteiger partial charge in [0.25, 0.3) is 0 Å². The van der Waals surface area contributed by atoms with E-state index in [0.29, 0.717) is 12.7 Å². The summed E-state index contributed by atoms with van der Waals surface area (Å²) in [7, 11) is 0. The van der Waals surface area contributed by atoms with Crippen molar-refractivity contribution < 1.29 is 4.74 Å². The van der Waals surface area contributed by atoms with Crippen molar-refractivity contribution in [2.75, 3.05) is 13.1 Å². The van der Waals surface area contributed by atoms with E-state index >= 15 is 0 Å². The molecule has 0 spiro atoms. The molecule has 1 saturated heterocycles. The molecule has 19 heavy (non-hydrogen) atoms. The van der Waals surface area contributed by atoms with Crippen molar-refractivity contribution >= 4 is 11.6 Å². The first kappa shape index (κ1) is 14.8. The molecule has 0 radical (unpaired) electrons. The highest BCUT2D eigenvalue weighted by molar-refractivity contribution is 6.31. The number of nitrogens with one attached hydrogen (secondary N) is 1. The van der Waals surface area contributed by atoms with E-state index < -0.39 is 0 Å². The molecule has 2 atom stereocenters. The molecule has 0 aromatic heterocycles. The fourth-order valence-corrected chi connectivity index (χ4v) is 3.26. The lowest BCUT2D eigenvalue weighted by Gasteiger charge is -2.13. The van der Waals surface area contributed by atoms with Gasteiger partial charge in [0.05, 0.1) is 12.7 Å². The number of hydrogen-bond acceptors (Lipinski definition) is 2. The third-order valence-electron chi connectivity index (χ3n) is 4.04. The van der Waals surface area contributed by atoms with Crippen LogP contribution in [0, 0.1) is 11.8 Å². The molecular weight excluding hydrogens is 258 g/mol. The van der Waals surface area contributed by atoms with Crippen LogP contribution in [-0.2, 0) is 11.3 Å².